The maximum Gasteiger partial charge on any atom is 0.416 e. The lowest BCUT2D eigenvalue weighted by Gasteiger charge is -2.23. The molecule has 3 aromatic rings. The fourth-order valence-corrected chi connectivity index (χ4v) is 5.41. The number of hydrogen-bond donors (Lipinski definition) is 1. The average Bonchev–Trinajstić information content (AvgIpc) is 3.18. The summed E-state index contributed by atoms with van der Waals surface area (Å²) in [5.41, 5.74) is 1.22. The smallest absolute Gasteiger partial charge is 0.416 e. The minimum Gasteiger partial charge on any atom is -0.445 e. The largest absolute Gasteiger partial charge is 0.445 e. The normalized spacial score (nSPS) is 16.1. The van der Waals surface area contributed by atoms with Crippen LogP contribution in [-0.2, 0) is 49.9 Å². The molecule has 1 atom stereocenters. The number of carbonyl (C=O) groups is 2. The fraction of sp³-hybridized carbons (Fsp3) is 0.310. The standard InChI is InChI=1S/C29H29F3N2O6S/c30-29(31,32)25-7-4-8-26(17-25)41(37,38)33-27(35)16-22-11-9-21(10-12-22)15-24-18-34(13-14-39-19-24)28(36)40-20-23-5-2-1-3-6-23/h1-12,17,24H,13-16,18-20H2,(H,33,35)/t24-/m0/s1. The summed E-state index contributed by atoms with van der Waals surface area (Å²) in [5, 5.41) is 0. The number of halogens is 3. The van der Waals surface area contributed by atoms with Crippen LogP contribution in [0.25, 0.3) is 0 Å². The second kappa shape index (κ2) is 13.2. The Balaban J connectivity index is 1.30. The number of nitrogens with zero attached hydrogens (tertiary/aromatic N) is 1. The highest BCUT2D eigenvalue weighted by Gasteiger charge is 2.32. The van der Waals surface area contributed by atoms with Gasteiger partial charge in [0, 0.05) is 19.0 Å². The molecule has 8 nitrogen and oxygen atoms in total. The van der Waals surface area contributed by atoms with E-state index in [4.69, 9.17) is 9.47 Å². The Morgan fingerprint density at radius 2 is 1.66 bits per heavy atom. The van der Waals surface area contributed by atoms with Crippen LogP contribution in [0.4, 0.5) is 18.0 Å². The number of sulfonamides is 1. The molecule has 2 amide bonds. The van der Waals surface area contributed by atoms with E-state index in [2.05, 4.69) is 0 Å². The molecule has 41 heavy (non-hydrogen) atoms. The first-order chi connectivity index (χ1) is 19.5. The first kappa shape index (κ1) is 30.1. The summed E-state index contributed by atoms with van der Waals surface area (Å²) in [6, 6.07) is 19.5. The number of nitrogens with one attached hydrogen (secondary N) is 1. The SMILES string of the molecule is O=C(Cc1ccc(C[C@@H]2COCCN(C(=O)OCc3ccccc3)C2)cc1)NS(=O)(=O)c1cccc(C(F)(F)F)c1. The molecule has 0 bridgehead atoms. The van der Waals surface area contributed by atoms with Crippen molar-refractivity contribution in [2.24, 2.45) is 5.92 Å². The van der Waals surface area contributed by atoms with Crippen LogP contribution in [-0.4, -0.2) is 51.6 Å². The maximum absolute atomic E-state index is 12.9. The Morgan fingerprint density at radius 3 is 2.37 bits per heavy atom. The van der Waals surface area contributed by atoms with Crippen LogP contribution >= 0.6 is 0 Å². The van der Waals surface area contributed by atoms with E-state index in [0.29, 0.717) is 44.4 Å². The van der Waals surface area contributed by atoms with E-state index >= 15 is 0 Å². The topological polar surface area (TPSA) is 102 Å². The van der Waals surface area contributed by atoms with Gasteiger partial charge >= 0.3 is 12.3 Å². The van der Waals surface area contributed by atoms with Crippen molar-refractivity contribution in [3.63, 3.8) is 0 Å². The van der Waals surface area contributed by atoms with E-state index in [1.165, 1.54) is 0 Å². The number of benzene rings is 3. The quantitative estimate of drug-likeness (QED) is 0.412. The lowest BCUT2D eigenvalue weighted by Crippen LogP contribution is -2.36. The van der Waals surface area contributed by atoms with Gasteiger partial charge in [-0.25, -0.2) is 17.9 Å². The molecule has 0 spiro atoms. The van der Waals surface area contributed by atoms with Crippen molar-refractivity contribution in [1.29, 1.82) is 0 Å². The number of ether oxygens (including phenoxy) is 2. The molecule has 0 saturated carbocycles. The van der Waals surface area contributed by atoms with Crippen LogP contribution in [0.2, 0.25) is 0 Å². The van der Waals surface area contributed by atoms with E-state index < -0.39 is 38.7 Å². The summed E-state index contributed by atoms with van der Waals surface area (Å²) < 4.78 is 76.7. The molecule has 4 rings (SSSR count). The number of carbonyl (C=O) groups excluding carboxylic acids is 2. The molecule has 0 radical (unpaired) electrons. The van der Waals surface area contributed by atoms with Crippen LogP contribution < -0.4 is 4.72 Å². The molecule has 218 valence electrons. The van der Waals surface area contributed by atoms with Crippen LogP contribution in [0.3, 0.4) is 0 Å². The lowest BCUT2D eigenvalue weighted by atomic mass is 9.98. The highest BCUT2D eigenvalue weighted by atomic mass is 32.2. The van der Waals surface area contributed by atoms with Crippen molar-refractivity contribution in [1.82, 2.24) is 9.62 Å². The van der Waals surface area contributed by atoms with E-state index in [1.807, 2.05) is 35.1 Å². The van der Waals surface area contributed by atoms with Gasteiger partial charge in [-0.15, -0.1) is 0 Å². The van der Waals surface area contributed by atoms with Gasteiger partial charge in [0.25, 0.3) is 10.0 Å². The van der Waals surface area contributed by atoms with Crippen molar-refractivity contribution in [3.8, 4) is 0 Å². The van der Waals surface area contributed by atoms with Gasteiger partial charge in [0.05, 0.1) is 30.1 Å². The molecule has 1 N–H and O–H groups in total. The summed E-state index contributed by atoms with van der Waals surface area (Å²) in [4.78, 5) is 26.0. The zero-order valence-corrected chi connectivity index (χ0v) is 22.8. The van der Waals surface area contributed by atoms with Gasteiger partial charge in [-0.1, -0.05) is 60.7 Å². The molecular formula is C29H29F3N2O6S. The Hall–Kier alpha value is -3.90. The first-order valence-corrected chi connectivity index (χ1v) is 14.3. The van der Waals surface area contributed by atoms with Gasteiger partial charge in [0.15, 0.2) is 0 Å². The summed E-state index contributed by atoms with van der Waals surface area (Å²) in [6.45, 7) is 1.90. The van der Waals surface area contributed by atoms with Gasteiger partial charge in [-0.05, 0) is 41.3 Å². The molecule has 12 heteroatoms. The minimum atomic E-state index is -4.72. The fourth-order valence-electron chi connectivity index (χ4n) is 4.38. The summed E-state index contributed by atoms with van der Waals surface area (Å²) in [7, 11) is -4.48. The molecule has 0 aliphatic carbocycles. The predicted octanol–water partition coefficient (Wildman–Crippen LogP) is 4.58. The monoisotopic (exact) mass is 590 g/mol. The molecule has 0 aromatic heterocycles. The summed E-state index contributed by atoms with van der Waals surface area (Å²) in [6.07, 6.45) is -4.82. The molecule has 1 heterocycles. The van der Waals surface area contributed by atoms with E-state index in [9.17, 15) is 31.2 Å². The molecular weight excluding hydrogens is 561 g/mol. The van der Waals surface area contributed by atoms with Gasteiger partial charge < -0.3 is 14.4 Å². The second-order valence-corrected chi connectivity index (χ2v) is 11.4. The maximum atomic E-state index is 12.9. The van der Waals surface area contributed by atoms with Gasteiger partial charge in [-0.2, -0.15) is 13.2 Å². The second-order valence-electron chi connectivity index (χ2n) is 9.68. The highest BCUT2D eigenvalue weighted by Crippen LogP contribution is 2.30. The Labute approximate surface area is 236 Å². The molecule has 0 unspecified atom stereocenters. The van der Waals surface area contributed by atoms with E-state index in [0.717, 1.165) is 29.3 Å². The highest BCUT2D eigenvalue weighted by molar-refractivity contribution is 7.90. The van der Waals surface area contributed by atoms with Crippen molar-refractivity contribution >= 4 is 22.0 Å². The number of rotatable bonds is 8. The molecule has 1 aliphatic rings. The van der Waals surface area contributed by atoms with E-state index in [1.54, 1.807) is 29.2 Å². The van der Waals surface area contributed by atoms with Crippen molar-refractivity contribution in [2.45, 2.75) is 30.5 Å². The number of amides is 2. The summed E-state index contributed by atoms with van der Waals surface area (Å²) in [5.74, 6) is -0.870. The van der Waals surface area contributed by atoms with Crippen LogP contribution in [0.1, 0.15) is 22.3 Å². The number of hydrogen-bond acceptors (Lipinski definition) is 6. The van der Waals surface area contributed by atoms with Crippen LogP contribution in [0.5, 0.6) is 0 Å². The molecule has 1 saturated heterocycles. The van der Waals surface area contributed by atoms with Crippen LogP contribution in [0, 0.1) is 5.92 Å². The van der Waals surface area contributed by atoms with Crippen LogP contribution in [0.15, 0.2) is 83.8 Å². The molecule has 1 aliphatic heterocycles. The zero-order valence-electron chi connectivity index (χ0n) is 22.0. The van der Waals surface area contributed by atoms with Crippen molar-refractivity contribution in [3.05, 3.63) is 101 Å². The van der Waals surface area contributed by atoms with Crippen molar-refractivity contribution in [2.75, 3.05) is 26.3 Å². The first-order valence-electron chi connectivity index (χ1n) is 12.8. The Bertz CT molecular complexity index is 1450. The van der Waals surface area contributed by atoms with Crippen molar-refractivity contribution < 1.29 is 40.7 Å². The Kier molecular flexibility index (Phi) is 9.66. The third kappa shape index (κ3) is 8.79. The predicted molar refractivity (Wildman–Crippen MR) is 143 cm³/mol. The van der Waals surface area contributed by atoms with E-state index in [-0.39, 0.29) is 18.9 Å². The summed E-state index contributed by atoms with van der Waals surface area (Å²) >= 11 is 0. The third-order valence-electron chi connectivity index (χ3n) is 6.43. The van der Waals surface area contributed by atoms with Gasteiger partial charge in [0.1, 0.15) is 6.61 Å². The zero-order chi connectivity index (χ0) is 29.5. The minimum absolute atomic E-state index is 0.00790. The van der Waals surface area contributed by atoms with Gasteiger partial charge in [0.2, 0.25) is 5.91 Å². The molecule has 1 fully saturated rings. The lowest BCUT2D eigenvalue weighted by molar-refractivity contribution is -0.137. The Morgan fingerprint density at radius 1 is 0.951 bits per heavy atom. The average molecular weight is 591 g/mol. The third-order valence-corrected chi connectivity index (χ3v) is 7.80. The number of alkyl halides is 3. The molecule has 3 aromatic carbocycles. The van der Waals surface area contributed by atoms with Gasteiger partial charge in [-0.3, -0.25) is 4.79 Å².